The van der Waals surface area contributed by atoms with Gasteiger partial charge in [-0.1, -0.05) is 17.3 Å². The molecule has 0 aliphatic carbocycles. The first-order chi connectivity index (χ1) is 11.7. The number of aromatic nitrogens is 1. The maximum absolute atomic E-state index is 12.5. The van der Waals surface area contributed by atoms with Crippen molar-refractivity contribution < 1.29 is 9.53 Å². The van der Waals surface area contributed by atoms with Gasteiger partial charge in [-0.3, -0.25) is 9.80 Å². The highest BCUT2D eigenvalue weighted by Crippen LogP contribution is 2.39. The summed E-state index contributed by atoms with van der Waals surface area (Å²) in [6, 6.07) is 4.19. The minimum Gasteiger partial charge on any atom is -0.493 e. The molecule has 4 heterocycles. The van der Waals surface area contributed by atoms with Gasteiger partial charge in [0.1, 0.15) is 5.75 Å². The second kappa shape index (κ2) is 5.10. The van der Waals surface area contributed by atoms with E-state index in [-0.39, 0.29) is 18.1 Å². The molecule has 2 aromatic rings. The van der Waals surface area contributed by atoms with E-state index in [0.29, 0.717) is 13.2 Å². The number of carbonyl (C=O) groups excluding carboxylic acids is 1. The lowest BCUT2D eigenvalue weighted by Crippen LogP contribution is -2.38. The average molecular weight is 340 g/mol. The van der Waals surface area contributed by atoms with E-state index >= 15 is 0 Å². The van der Waals surface area contributed by atoms with Gasteiger partial charge in [-0.05, 0) is 12.1 Å². The van der Waals surface area contributed by atoms with Crippen LogP contribution in [-0.4, -0.2) is 54.2 Å². The van der Waals surface area contributed by atoms with Gasteiger partial charge in [0.2, 0.25) is 0 Å². The summed E-state index contributed by atoms with van der Waals surface area (Å²) in [7, 11) is 0. The highest BCUT2D eigenvalue weighted by molar-refractivity contribution is 7.22. The van der Waals surface area contributed by atoms with Gasteiger partial charge in [-0.15, -0.1) is 6.42 Å². The molecule has 0 bridgehead atoms. The van der Waals surface area contributed by atoms with Gasteiger partial charge < -0.3 is 10.1 Å². The number of hydrogen-bond donors (Lipinski definition) is 1. The number of amides is 2. The minimum absolute atomic E-state index is 0.0580. The van der Waals surface area contributed by atoms with Crippen LogP contribution in [0.15, 0.2) is 12.1 Å². The number of urea groups is 1. The van der Waals surface area contributed by atoms with Crippen molar-refractivity contribution in [3.63, 3.8) is 0 Å². The quantitative estimate of drug-likeness (QED) is 0.841. The predicted molar refractivity (Wildman–Crippen MR) is 92.7 cm³/mol. The highest BCUT2D eigenvalue weighted by Gasteiger charge is 2.47. The van der Waals surface area contributed by atoms with E-state index in [2.05, 4.69) is 16.1 Å². The zero-order valence-electron chi connectivity index (χ0n) is 13.0. The third-order valence-electron chi connectivity index (χ3n) is 4.97. The van der Waals surface area contributed by atoms with Gasteiger partial charge in [0.15, 0.2) is 5.13 Å². The summed E-state index contributed by atoms with van der Waals surface area (Å²) in [5.41, 5.74) is 2.13. The van der Waals surface area contributed by atoms with E-state index in [9.17, 15) is 4.79 Å². The molecule has 2 atom stereocenters. The van der Waals surface area contributed by atoms with E-state index in [4.69, 9.17) is 16.1 Å². The number of fused-ring (bicyclic) bond motifs is 4. The van der Waals surface area contributed by atoms with Crippen molar-refractivity contribution in [1.82, 2.24) is 15.2 Å². The molecule has 0 unspecified atom stereocenters. The molecule has 24 heavy (non-hydrogen) atoms. The molecule has 3 aliphatic rings. The van der Waals surface area contributed by atoms with Crippen molar-refractivity contribution in [3.05, 3.63) is 17.7 Å². The van der Waals surface area contributed by atoms with Crippen LogP contribution >= 0.6 is 11.3 Å². The van der Waals surface area contributed by atoms with Crippen molar-refractivity contribution in [3.8, 4) is 18.1 Å². The Labute approximate surface area is 143 Å². The molecule has 1 N–H and O–H groups in total. The Balaban J connectivity index is 1.53. The molecule has 0 radical (unpaired) electrons. The lowest BCUT2D eigenvalue weighted by molar-refractivity contribution is 0.247. The molecule has 7 heteroatoms. The zero-order chi connectivity index (χ0) is 16.3. The zero-order valence-corrected chi connectivity index (χ0v) is 13.8. The van der Waals surface area contributed by atoms with Crippen LogP contribution in [0.1, 0.15) is 5.56 Å². The molecule has 2 amide bonds. The summed E-state index contributed by atoms with van der Waals surface area (Å²) < 4.78 is 6.72. The van der Waals surface area contributed by atoms with Crippen molar-refractivity contribution in [2.75, 3.05) is 31.1 Å². The Hall–Kier alpha value is -2.30. The highest BCUT2D eigenvalue weighted by atomic mass is 32.1. The Morgan fingerprint density at radius 3 is 3.25 bits per heavy atom. The molecular formula is C17H16N4O2S. The molecule has 2 fully saturated rings. The number of nitrogens with one attached hydrogen (secondary N) is 1. The van der Waals surface area contributed by atoms with Crippen molar-refractivity contribution >= 4 is 32.7 Å². The van der Waals surface area contributed by atoms with Crippen LogP contribution in [0.5, 0.6) is 5.75 Å². The lowest BCUT2D eigenvalue weighted by Gasteiger charge is -2.20. The third-order valence-corrected chi connectivity index (χ3v) is 5.99. The van der Waals surface area contributed by atoms with Crippen molar-refractivity contribution in [1.29, 1.82) is 0 Å². The maximum atomic E-state index is 12.5. The lowest BCUT2D eigenvalue weighted by atomic mass is 10.1. The molecule has 1 aromatic heterocycles. The second-order valence-corrected chi connectivity index (χ2v) is 7.38. The first-order valence-electron chi connectivity index (χ1n) is 8.05. The summed E-state index contributed by atoms with van der Waals surface area (Å²) >= 11 is 1.57. The predicted octanol–water partition coefficient (Wildman–Crippen LogP) is 1.45. The molecular weight excluding hydrogens is 324 g/mol. The summed E-state index contributed by atoms with van der Waals surface area (Å²) in [5.74, 6) is 3.60. The first kappa shape index (κ1) is 14.1. The Kier molecular flexibility index (Phi) is 2.99. The number of nitrogens with zero attached hydrogens (tertiary/aromatic N) is 3. The summed E-state index contributed by atoms with van der Waals surface area (Å²) in [6.45, 7) is 2.90. The fourth-order valence-corrected chi connectivity index (χ4v) is 4.95. The molecule has 1 aromatic carbocycles. The fraction of sp³-hybridized carbons (Fsp3) is 0.412. The summed E-state index contributed by atoms with van der Waals surface area (Å²) in [4.78, 5) is 21.3. The Morgan fingerprint density at radius 1 is 1.46 bits per heavy atom. The molecule has 6 nitrogen and oxygen atoms in total. The monoisotopic (exact) mass is 340 g/mol. The molecule has 5 rings (SSSR count). The number of ether oxygens (including phenoxy) is 1. The summed E-state index contributed by atoms with van der Waals surface area (Å²) in [5, 5.41) is 3.83. The number of terminal acetylenes is 1. The normalized spacial score (nSPS) is 25.5. The van der Waals surface area contributed by atoms with E-state index in [1.54, 1.807) is 11.3 Å². The van der Waals surface area contributed by atoms with Gasteiger partial charge >= 0.3 is 6.03 Å². The van der Waals surface area contributed by atoms with Crippen LogP contribution in [0.3, 0.4) is 0 Å². The molecule has 0 saturated carbocycles. The van der Waals surface area contributed by atoms with Gasteiger partial charge in [0.25, 0.3) is 0 Å². The second-order valence-electron chi connectivity index (χ2n) is 6.38. The van der Waals surface area contributed by atoms with Crippen LogP contribution in [0.25, 0.3) is 10.2 Å². The van der Waals surface area contributed by atoms with Gasteiger partial charge in [0.05, 0.1) is 35.5 Å². The number of hydrogen-bond acceptors (Lipinski definition) is 5. The number of anilines is 1. The molecule has 122 valence electrons. The van der Waals surface area contributed by atoms with E-state index in [0.717, 1.165) is 46.2 Å². The van der Waals surface area contributed by atoms with Crippen molar-refractivity contribution in [2.24, 2.45) is 0 Å². The number of likely N-dealkylation sites (tertiary alicyclic amines) is 1. The number of carbonyl (C=O) groups is 1. The SMILES string of the molecule is C#CCN1C[C@@H]2NC(=O)N(c3nc4c5c(ccc4s3)OCC5)[C@@H]2C1. The van der Waals surface area contributed by atoms with Crippen LogP contribution in [-0.2, 0) is 6.42 Å². The number of benzene rings is 1. The van der Waals surface area contributed by atoms with E-state index in [1.807, 2.05) is 17.0 Å². The molecule has 3 aliphatic heterocycles. The van der Waals surface area contributed by atoms with E-state index < -0.39 is 0 Å². The fourth-order valence-electron chi connectivity index (χ4n) is 3.90. The smallest absolute Gasteiger partial charge is 0.324 e. The van der Waals surface area contributed by atoms with Crippen LogP contribution < -0.4 is 15.0 Å². The first-order valence-corrected chi connectivity index (χ1v) is 8.87. The van der Waals surface area contributed by atoms with E-state index in [1.165, 1.54) is 0 Å². The number of thiazole rings is 1. The van der Waals surface area contributed by atoms with Crippen molar-refractivity contribution in [2.45, 2.75) is 18.5 Å². The topological polar surface area (TPSA) is 57.7 Å². The van der Waals surface area contributed by atoms with Gasteiger partial charge in [0, 0.05) is 25.1 Å². The van der Waals surface area contributed by atoms with Crippen LogP contribution in [0, 0.1) is 12.3 Å². The Bertz CT molecular complexity index is 887. The third kappa shape index (κ3) is 1.93. The maximum Gasteiger partial charge on any atom is 0.324 e. The van der Waals surface area contributed by atoms with Crippen LogP contribution in [0.2, 0.25) is 0 Å². The summed E-state index contributed by atoms with van der Waals surface area (Å²) in [6.07, 6.45) is 6.30. The van der Waals surface area contributed by atoms with Gasteiger partial charge in [-0.2, -0.15) is 0 Å². The molecule has 2 saturated heterocycles. The largest absolute Gasteiger partial charge is 0.493 e. The minimum atomic E-state index is -0.0580. The average Bonchev–Trinajstić information content (AvgIpc) is 3.27. The molecule has 0 spiro atoms. The number of rotatable bonds is 2. The standard InChI is InChI=1S/C17H16N4O2S/c1-2-6-20-8-11-12(9-20)21(16(22)18-11)17-19-15-10-5-7-23-13(10)3-4-14(15)24-17/h1,3-4,11-12H,5-9H2,(H,18,22)/t11-,12+/m0/s1. The van der Waals surface area contributed by atoms with Crippen LogP contribution in [0.4, 0.5) is 9.93 Å². The Morgan fingerprint density at radius 2 is 2.38 bits per heavy atom. The van der Waals surface area contributed by atoms with Gasteiger partial charge in [-0.25, -0.2) is 9.78 Å².